The Morgan fingerprint density at radius 3 is 2.77 bits per heavy atom. The average Bonchev–Trinajstić information content (AvgIpc) is 2.65. The molecule has 0 bridgehead atoms. The molecular weight excluding hydrogens is 328 g/mol. The Morgan fingerprint density at radius 2 is 1.96 bits per heavy atom. The highest BCUT2D eigenvalue weighted by atomic mass is 16.5. The lowest BCUT2D eigenvalue weighted by molar-refractivity contribution is -0.122. The standard InChI is InChI=1S/C21H24N2O3/c1-15-6-9-18(10-7-15)26-13-12-22-20(24)11-8-17-14-16-4-2-3-5-19(16)23-21(17)25/h2-7,9-10,17H,8,11-14H2,1H3,(H,22,24)(H,23,25). The highest BCUT2D eigenvalue weighted by molar-refractivity contribution is 5.96. The summed E-state index contributed by atoms with van der Waals surface area (Å²) in [7, 11) is 0. The number of aryl methyl sites for hydroxylation is 1. The van der Waals surface area contributed by atoms with Crippen molar-refractivity contribution in [3.05, 3.63) is 59.7 Å². The van der Waals surface area contributed by atoms with Crippen LogP contribution in [0.1, 0.15) is 24.0 Å². The van der Waals surface area contributed by atoms with Crippen LogP contribution in [-0.4, -0.2) is 25.0 Å². The zero-order valence-electron chi connectivity index (χ0n) is 15.0. The molecule has 2 amide bonds. The maximum Gasteiger partial charge on any atom is 0.227 e. The molecule has 0 aromatic heterocycles. The molecule has 0 aliphatic carbocycles. The second kappa shape index (κ2) is 8.52. The van der Waals surface area contributed by atoms with Gasteiger partial charge in [-0.05, 0) is 43.5 Å². The van der Waals surface area contributed by atoms with Gasteiger partial charge in [0.15, 0.2) is 0 Å². The maximum atomic E-state index is 12.1. The van der Waals surface area contributed by atoms with Crippen LogP contribution < -0.4 is 15.4 Å². The molecule has 3 rings (SSSR count). The second-order valence-electron chi connectivity index (χ2n) is 6.60. The van der Waals surface area contributed by atoms with Crippen LogP contribution in [0.4, 0.5) is 5.69 Å². The Labute approximate surface area is 153 Å². The smallest absolute Gasteiger partial charge is 0.227 e. The molecule has 0 fully saturated rings. The van der Waals surface area contributed by atoms with Crippen LogP contribution in [0.2, 0.25) is 0 Å². The fourth-order valence-corrected chi connectivity index (χ4v) is 3.03. The van der Waals surface area contributed by atoms with E-state index < -0.39 is 0 Å². The molecule has 1 aliphatic rings. The zero-order valence-corrected chi connectivity index (χ0v) is 15.0. The van der Waals surface area contributed by atoms with E-state index in [1.165, 1.54) is 5.56 Å². The summed E-state index contributed by atoms with van der Waals surface area (Å²) in [6, 6.07) is 15.6. The molecule has 2 N–H and O–H groups in total. The van der Waals surface area contributed by atoms with E-state index in [-0.39, 0.29) is 17.7 Å². The van der Waals surface area contributed by atoms with Crippen LogP contribution in [0, 0.1) is 12.8 Å². The highest BCUT2D eigenvalue weighted by Gasteiger charge is 2.26. The molecule has 5 heteroatoms. The SMILES string of the molecule is Cc1ccc(OCCNC(=O)CCC2Cc3ccccc3NC2=O)cc1. The lowest BCUT2D eigenvalue weighted by Crippen LogP contribution is -2.32. The van der Waals surface area contributed by atoms with Crippen molar-refractivity contribution in [3.8, 4) is 5.75 Å². The number of anilines is 1. The number of carbonyl (C=O) groups is 2. The average molecular weight is 352 g/mol. The molecule has 136 valence electrons. The summed E-state index contributed by atoms with van der Waals surface area (Å²) in [6.45, 7) is 2.90. The van der Waals surface area contributed by atoms with E-state index in [9.17, 15) is 9.59 Å². The summed E-state index contributed by atoms with van der Waals surface area (Å²) in [5, 5.41) is 5.76. The van der Waals surface area contributed by atoms with Gasteiger partial charge in [-0.25, -0.2) is 0 Å². The van der Waals surface area contributed by atoms with Gasteiger partial charge >= 0.3 is 0 Å². The first-order valence-corrected chi connectivity index (χ1v) is 8.97. The number of amides is 2. The first-order valence-electron chi connectivity index (χ1n) is 8.97. The molecule has 0 spiro atoms. The summed E-state index contributed by atoms with van der Waals surface area (Å²) in [5.41, 5.74) is 3.19. The van der Waals surface area contributed by atoms with Crippen LogP contribution in [0.15, 0.2) is 48.5 Å². The molecule has 26 heavy (non-hydrogen) atoms. The third-order valence-electron chi connectivity index (χ3n) is 4.55. The number of rotatable bonds is 7. The number of para-hydroxylation sites is 1. The molecule has 1 aliphatic heterocycles. The second-order valence-corrected chi connectivity index (χ2v) is 6.60. The van der Waals surface area contributed by atoms with Gasteiger partial charge in [-0.1, -0.05) is 35.9 Å². The van der Waals surface area contributed by atoms with Crippen molar-refractivity contribution in [2.75, 3.05) is 18.5 Å². The predicted molar refractivity (Wildman–Crippen MR) is 101 cm³/mol. The Hall–Kier alpha value is -2.82. The monoisotopic (exact) mass is 352 g/mol. The van der Waals surface area contributed by atoms with Crippen molar-refractivity contribution in [2.24, 2.45) is 5.92 Å². The number of carbonyl (C=O) groups excluding carboxylic acids is 2. The zero-order chi connectivity index (χ0) is 18.4. The molecule has 0 radical (unpaired) electrons. The highest BCUT2D eigenvalue weighted by Crippen LogP contribution is 2.27. The van der Waals surface area contributed by atoms with E-state index in [1.807, 2.05) is 55.5 Å². The lowest BCUT2D eigenvalue weighted by atomic mass is 9.89. The van der Waals surface area contributed by atoms with E-state index in [2.05, 4.69) is 10.6 Å². The normalized spacial score (nSPS) is 15.7. The summed E-state index contributed by atoms with van der Waals surface area (Å²) < 4.78 is 5.58. The van der Waals surface area contributed by atoms with Gasteiger partial charge in [-0.2, -0.15) is 0 Å². The van der Waals surface area contributed by atoms with Crippen molar-refractivity contribution in [3.63, 3.8) is 0 Å². The van der Waals surface area contributed by atoms with Gasteiger partial charge < -0.3 is 15.4 Å². The van der Waals surface area contributed by atoms with Gasteiger partial charge in [0.1, 0.15) is 12.4 Å². The van der Waals surface area contributed by atoms with Crippen LogP contribution in [-0.2, 0) is 16.0 Å². The Morgan fingerprint density at radius 1 is 1.19 bits per heavy atom. The summed E-state index contributed by atoms with van der Waals surface area (Å²) in [5.74, 6) is 0.588. The third-order valence-corrected chi connectivity index (χ3v) is 4.55. The molecule has 5 nitrogen and oxygen atoms in total. The van der Waals surface area contributed by atoms with Gasteiger partial charge in [0, 0.05) is 18.0 Å². The molecule has 0 saturated heterocycles. The van der Waals surface area contributed by atoms with Crippen LogP contribution in [0.5, 0.6) is 5.75 Å². The van der Waals surface area contributed by atoms with Crippen molar-refractivity contribution in [2.45, 2.75) is 26.2 Å². The number of fused-ring (bicyclic) bond motifs is 1. The van der Waals surface area contributed by atoms with E-state index >= 15 is 0 Å². The van der Waals surface area contributed by atoms with Crippen molar-refractivity contribution in [1.29, 1.82) is 0 Å². The Kier molecular flexibility index (Phi) is 5.89. The van der Waals surface area contributed by atoms with E-state index in [0.717, 1.165) is 17.0 Å². The van der Waals surface area contributed by atoms with Gasteiger partial charge in [0.05, 0.1) is 6.54 Å². The van der Waals surface area contributed by atoms with E-state index in [4.69, 9.17) is 4.74 Å². The number of nitrogens with one attached hydrogen (secondary N) is 2. The van der Waals surface area contributed by atoms with Crippen LogP contribution in [0.25, 0.3) is 0 Å². The minimum Gasteiger partial charge on any atom is -0.492 e. The molecule has 1 atom stereocenters. The first-order chi connectivity index (χ1) is 12.6. The Bertz CT molecular complexity index is 771. The summed E-state index contributed by atoms with van der Waals surface area (Å²) in [6.07, 6.45) is 1.57. The van der Waals surface area contributed by atoms with Crippen LogP contribution in [0.3, 0.4) is 0 Å². The van der Waals surface area contributed by atoms with Crippen molar-refractivity contribution in [1.82, 2.24) is 5.32 Å². The van der Waals surface area contributed by atoms with Crippen molar-refractivity contribution < 1.29 is 14.3 Å². The number of benzene rings is 2. The molecular formula is C21H24N2O3. The minimum absolute atomic E-state index is 0.000737. The van der Waals surface area contributed by atoms with Gasteiger partial charge in [-0.15, -0.1) is 0 Å². The minimum atomic E-state index is -0.153. The van der Waals surface area contributed by atoms with Gasteiger partial charge in [-0.3, -0.25) is 9.59 Å². The molecule has 1 heterocycles. The number of hydrogen-bond acceptors (Lipinski definition) is 3. The summed E-state index contributed by atoms with van der Waals surface area (Å²) >= 11 is 0. The van der Waals surface area contributed by atoms with E-state index in [0.29, 0.717) is 32.4 Å². The van der Waals surface area contributed by atoms with Crippen molar-refractivity contribution >= 4 is 17.5 Å². The quantitative estimate of drug-likeness (QED) is 0.753. The fourth-order valence-electron chi connectivity index (χ4n) is 3.03. The molecule has 0 saturated carbocycles. The van der Waals surface area contributed by atoms with Gasteiger partial charge in [0.2, 0.25) is 11.8 Å². The fraction of sp³-hybridized carbons (Fsp3) is 0.333. The number of hydrogen-bond donors (Lipinski definition) is 2. The van der Waals surface area contributed by atoms with Gasteiger partial charge in [0.25, 0.3) is 0 Å². The van der Waals surface area contributed by atoms with E-state index in [1.54, 1.807) is 0 Å². The lowest BCUT2D eigenvalue weighted by Gasteiger charge is -2.24. The molecule has 2 aromatic rings. The molecule has 1 unspecified atom stereocenters. The summed E-state index contributed by atoms with van der Waals surface area (Å²) in [4.78, 5) is 24.1. The maximum absolute atomic E-state index is 12.1. The topological polar surface area (TPSA) is 67.4 Å². The largest absolute Gasteiger partial charge is 0.492 e. The predicted octanol–water partition coefficient (Wildman–Crippen LogP) is 3.08. The van der Waals surface area contributed by atoms with Crippen LogP contribution >= 0.6 is 0 Å². The third kappa shape index (κ3) is 4.85. The first kappa shape index (κ1) is 18.0. The molecule has 2 aromatic carbocycles. The Balaban J connectivity index is 1.36. The number of ether oxygens (including phenoxy) is 1.